The minimum atomic E-state index is 0.382. The summed E-state index contributed by atoms with van der Waals surface area (Å²) in [6.07, 6.45) is 2.40. The molecule has 3 nitrogen and oxygen atoms in total. The van der Waals surface area contributed by atoms with E-state index in [1.807, 2.05) is 31.2 Å². The van der Waals surface area contributed by atoms with E-state index in [-0.39, 0.29) is 0 Å². The van der Waals surface area contributed by atoms with Crippen LogP contribution >= 0.6 is 35.4 Å². The maximum absolute atomic E-state index is 6.06. The summed E-state index contributed by atoms with van der Waals surface area (Å²) in [4.78, 5) is 3.12. The van der Waals surface area contributed by atoms with Crippen molar-refractivity contribution in [1.82, 2.24) is 4.90 Å². The Bertz CT molecular complexity index is 791. The Morgan fingerprint density at radius 2 is 1.77 bits per heavy atom. The maximum Gasteiger partial charge on any atom is 0.161 e. The lowest BCUT2D eigenvalue weighted by molar-refractivity contribution is 0.269. The zero-order valence-corrected chi connectivity index (χ0v) is 17.0. The molecule has 0 unspecified atom stereocenters. The van der Waals surface area contributed by atoms with E-state index < -0.39 is 0 Å². The lowest BCUT2D eigenvalue weighted by atomic mass is 10.2. The summed E-state index contributed by atoms with van der Waals surface area (Å²) in [7, 11) is 0. The van der Waals surface area contributed by atoms with Crippen LogP contribution in [0.1, 0.15) is 30.9 Å². The van der Waals surface area contributed by atoms with Crippen LogP contribution in [0.5, 0.6) is 11.5 Å². The molecule has 1 aliphatic heterocycles. The number of likely N-dealkylation sites (tertiary alicyclic amines) is 1. The number of nitrogens with zero attached hydrogens (tertiary/aromatic N) is 1. The number of hydrogen-bond acceptors (Lipinski definition) is 3. The molecule has 0 spiro atoms. The molecular formula is C20H21Cl2NO2S. The predicted octanol–water partition coefficient (Wildman–Crippen LogP) is 5.74. The first-order chi connectivity index (χ1) is 12.6. The van der Waals surface area contributed by atoms with Gasteiger partial charge in [-0.25, -0.2) is 0 Å². The number of halogens is 2. The molecular weight excluding hydrogens is 389 g/mol. The van der Waals surface area contributed by atoms with E-state index >= 15 is 0 Å². The Morgan fingerprint density at radius 1 is 1.00 bits per heavy atom. The molecule has 0 saturated carbocycles. The van der Waals surface area contributed by atoms with E-state index in [4.69, 9.17) is 44.9 Å². The second-order valence-electron chi connectivity index (χ2n) is 6.13. The first-order valence-corrected chi connectivity index (χ1v) is 9.87. The normalized spacial score (nSPS) is 13.7. The van der Waals surface area contributed by atoms with Crippen LogP contribution in [0.4, 0.5) is 0 Å². The summed E-state index contributed by atoms with van der Waals surface area (Å²) in [6.45, 7) is 4.95. The highest BCUT2D eigenvalue weighted by Crippen LogP contribution is 2.31. The van der Waals surface area contributed by atoms with E-state index in [2.05, 4.69) is 4.90 Å². The molecule has 3 rings (SSSR count). The second kappa shape index (κ2) is 8.94. The van der Waals surface area contributed by atoms with E-state index in [9.17, 15) is 0 Å². The molecule has 2 aromatic rings. The van der Waals surface area contributed by atoms with Gasteiger partial charge in [0.2, 0.25) is 0 Å². The van der Waals surface area contributed by atoms with Crippen molar-refractivity contribution >= 4 is 40.4 Å². The minimum Gasteiger partial charge on any atom is -0.490 e. The number of thiocarbonyl (C=S) groups is 1. The van der Waals surface area contributed by atoms with Crippen LogP contribution in [0.3, 0.4) is 0 Å². The molecule has 1 heterocycles. The van der Waals surface area contributed by atoms with Gasteiger partial charge in [-0.3, -0.25) is 0 Å². The zero-order chi connectivity index (χ0) is 18.5. The summed E-state index contributed by atoms with van der Waals surface area (Å²) in [5, 5.41) is 1.05. The summed E-state index contributed by atoms with van der Waals surface area (Å²) in [5.74, 6) is 1.39. The van der Waals surface area contributed by atoms with Crippen molar-refractivity contribution in [2.45, 2.75) is 26.4 Å². The van der Waals surface area contributed by atoms with Gasteiger partial charge in [0, 0.05) is 18.7 Å². The van der Waals surface area contributed by atoms with Crippen molar-refractivity contribution in [3.8, 4) is 11.5 Å². The largest absolute Gasteiger partial charge is 0.490 e. The maximum atomic E-state index is 6.06. The highest BCUT2D eigenvalue weighted by Gasteiger charge is 2.18. The third-order valence-corrected chi connectivity index (χ3v) is 5.50. The van der Waals surface area contributed by atoms with Crippen LogP contribution in [0, 0.1) is 0 Å². The predicted molar refractivity (Wildman–Crippen MR) is 111 cm³/mol. The fraction of sp³-hybridized carbons (Fsp3) is 0.350. The van der Waals surface area contributed by atoms with Gasteiger partial charge in [0.05, 0.1) is 16.7 Å². The monoisotopic (exact) mass is 409 g/mol. The third-order valence-electron chi connectivity index (χ3n) is 4.26. The second-order valence-corrected chi connectivity index (χ2v) is 7.33. The fourth-order valence-corrected chi connectivity index (χ4v) is 3.55. The number of rotatable bonds is 6. The molecule has 1 aliphatic rings. The lowest BCUT2D eigenvalue weighted by Crippen LogP contribution is -2.26. The lowest BCUT2D eigenvalue weighted by Gasteiger charge is -2.20. The van der Waals surface area contributed by atoms with Gasteiger partial charge in [0.1, 0.15) is 11.6 Å². The standard InChI is InChI=1S/C20H21Cl2NO2S/c1-2-24-19-12-15(20(26)23-9-3-4-10-23)6-8-18(19)25-13-14-5-7-16(21)17(22)11-14/h5-8,11-12H,2-4,9-10,13H2,1H3. The molecule has 0 aliphatic carbocycles. The van der Waals surface area contributed by atoms with Crippen molar-refractivity contribution in [3.05, 3.63) is 57.6 Å². The van der Waals surface area contributed by atoms with Crippen molar-refractivity contribution in [2.24, 2.45) is 0 Å². The summed E-state index contributed by atoms with van der Waals surface area (Å²) < 4.78 is 11.7. The van der Waals surface area contributed by atoms with Crippen LogP contribution in [0.2, 0.25) is 10.0 Å². The van der Waals surface area contributed by atoms with Gasteiger partial charge >= 0.3 is 0 Å². The van der Waals surface area contributed by atoms with Gasteiger partial charge in [0.25, 0.3) is 0 Å². The van der Waals surface area contributed by atoms with E-state index in [0.717, 1.165) is 29.2 Å². The van der Waals surface area contributed by atoms with Crippen molar-refractivity contribution in [1.29, 1.82) is 0 Å². The van der Waals surface area contributed by atoms with Crippen LogP contribution < -0.4 is 9.47 Å². The molecule has 1 fully saturated rings. The molecule has 6 heteroatoms. The molecule has 26 heavy (non-hydrogen) atoms. The van der Waals surface area contributed by atoms with Gasteiger partial charge in [-0.05, 0) is 55.7 Å². The van der Waals surface area contributed by atoms with E-state index in [1.54, 1.807) is 12.1 Å². The topological polar surface area (TPSA) is 21.7 Å². The Hall–Kier alpha value is -1.49. The first-order valence-electron chi connectivity index (χ1n) is 8.71. The van der Waals surface area contributed by atoms with Gasteiger partial charge in [0.15, 0.2) is 11.5 Å². The summed E-state index contributed by atoms with van der Waals surface area (Å²) in [6, 6.07) is 11.3. The van der Waals surface area contributed by atoms with Gasteiger partial charge in [-0.2, -0.15) is 0 Å². The smallest absolute Gasteiger partial charge is 0.161 e. The molecule has 138 valence electrons. The van der Waals surface area contributed by atoms with Gasteiger partial charge in [-0.15, -0.1) is 0 Å². The fourth-order valence-electron chi connectivity index (χ4n) is 2.92. The van der Waals surface area contributed by atoms with E-state index in [0.29, 0.717) is 34.8 Å². The molecule has 0 amide bonds. The molecule has 0 radical (unpaired) electrons. The number of hydrogen-bond donors (Lipinski definition) is 0. The van der Waals surface area contributed by atoms with Crippen molar-refractivity contribution in [3.63, 3.8) is 0 Å². The highest BCUT2D eigenvalue weighted by molar-refractivity contribution is 7.80. The SMILES string of the molecule is CCOc1cc(C(=S)N2CCCC2)ccc1OCc1ccc(Cl)c(Cl)c1. The third kappa shape index (κ3) is 4.61. The highest BCUT2D eigenvalue weighted by atomic mass is 35.5. The van der Waals surface area contributed by atoms with Crippen LogP contribution in [-0.4, -0.2) is 29.6 Å². The summed E-state index contributed by atoms with van der Waals surface area (Å²) in [5.41, 5.74) is 1.94. The Morgan fingerprint density at radius 3 is 2.46 bits per heavy atom. The Kier molecular flexibility index (Phi) is 6.63. The number of benzene rings is 2. The molecule has 1 saturated heterocycles. The first kappa shape index (κ1) is 19.3. The molecule has 0 atom stereocenters. The molecule has 2 aromatic carbocycles. The average Bonchev–Trinajstić information content (AvgIpc) is 3.18. The Balaban J connectivity index is 1.75. The van der Waals surface area contributed by atoms with Crippen LogP contribution in [-0.2, 0) is 6.61 Å². The molecule has 0 N–H and O–H groups in total. The molecule has 0 bridgehead atoms. The minimum absolute atomic E-state index is 0.382. The Labute approximate surface area is 169 Å². The summed E-state index contributed by atoms with van der Waals surface area (Å²) >= 11 is 17.7. The zero-order valence-electron chi connectivity index (χ0n) is 14.6. The quantitative estimate of drug-likeness (QED) is 0.566. The van der Waals surface area contributed by atoms with Crippen molar-refractivity contribution in [2.75, 3.05) is 19.7 Å². The number of ether oxygens (including phenoxy) is 2. The van der Waals surface area contributed by atoms with Crippen molar-refractivity contribution < 1.29 is 9.47 Å². The van der Waals surface area contributed by atoms with Gasteiger partial charge in [-0.1, -0.05) is 41.5 Å². The molecule has 0 aromatic heterocycles. The van der Waals surface area contributed by atoms with Crippen LogP contribution in [0.15, 0.2) is 36.4 Å². The van der Waals surface area contributed by atoms with Crippen LogP contribution in [0.25, 0.3) is 0 Å². The average molecular weight is 410 g/mol. The van der Waals surface area contributed by atoms with E-state index in [1.165, 1.54) is 12.8 Å². The van der Waals surface area contributed by atoms with Gasteiger partial charge < -0.3 is 14.4 Å².